The molecule has 3 aromatic carbocycles. The Morgan fingerprint density at radius 2 is 1.71 bits per heavy atom. The van der Waals surface area contributed by atoms with Crippen LogP contribution in [0.5, 0.6) is 5.75 Å². The van der Waals surface area contributed by atoms with Gasteiger partial charge in [-0.3, -0.25) is 18.7 Å². The predicted molar refractivity (Wildman–Crippen MR) is 165 cm³/mol. The highest BCUT2D eigenvalue weighted by atomic mass is 32.3. The van der Waals surface area contributed by atoms with Crippen molar-refractivity contribution in [3.05, 3.63) is 87.5 Å². The van der Waals surface area contributed by atoms with E-state index in [0.29, 0.717) is 34.7 Å². The minimum Gasteiger partial charge on any atom is -0.496 e. The molecule has 3 heterocycles. The first-order chi connectivity index (χ1) is 22.4. The largest absolute Gasteiger partial charge is 0.496 e. The third kappa shape index (κ3) is 6.39. The number of hydrogen-bond acceptors (Lipinski definition) is 8. The first kappa shape index (κ1) is 33.5. The van der Waals surface area contributed by atoms with Gasteiger partial charge in [0.1, 0.15) is 16.4 Å². The molecule has 1 fully saturated rings. The molecular formula is C30H22F7N3O6S2. The lowest BCUT2D eigenvalue weighted by Crippen LogP contribution is -2.22. The molecule has 2 unspecified atom stereocenters. The summed E-state index contributed by atoms with van der Waals surface area (Å²) >= 11 is 0.540. The van der Waals surface area contributed by atoms with Crippen LogP contribution in [-0.4, -0.2) is 51.4 Å². The number of hydrogen-bond donors (Lipinski definition) is 4. The Labute approximate surface area is 271 Å². The highest BCUT2D eigenvalue weighted by molar-refractivity contribution is 8.24. The number of halogens is 7. The van der Waals surface area contributed by atoms with E-state index < -0.39 is 69.4 Å². The zero-order valence-electron chi connectivity index (χ0n) is 24.2. The monoisotopic (exact) mass is 717 g/mol. The van der Waals surface area contributed by atoms with Gasteiger partial charge < -0.3 is 20.2 Å². The maximum atomic E-state index is 13.8. The third-order valence-electron chi connectivity index (χ3n) is 7.70. The van der Waals surface area contributed by atoms with E-state index in [1.165, 1.54) is 19.2 Å². The lowest BCUT2D eigenvalue weighted by Gasteiger charge is -2.26. The number of alkyl halides is 6. The van der Waals surface area contributed by atoms with Gasteiger partial charge in [0.05, 0.1) is 46.9 Å². The van der Waals surface area contributed by atoms with E-state index in [-0.39, 0.29) is 43.5 Å². The molecule has 0 radical (unpaired) electrons. The molecule has 4 aromatic rings. The molecule has 9 nitrogen and oxygen atoms in total. The summed E-state index contributed by atoms with van der Waals surface area (Å²) in [7, 11) is -1.61. The minimum atomic E-state index is -5.08. The number of nitrogens with one attached hydrogen (secondary N) is 2. The molecule has 6 rings (SSSR count). The van der Waals surface area contributed by atoms with E-state index in [0.717, 1.165) is 24.3 Å². The fourth-order valence-electron chi connectivity index (χ4n) is 5.45. The fraction of sp³-hybridized carbons (Fsp3) is 0.233. The van der Waals surface area contributed by atoms with Crippen LogP contribution in [0.2, 0.25) is 0 Å². The number of benzene rings is 3. The zero-order chi connectivity index (χ0) is 34.8. The molecule has 1 aromatic heterocycles. The van der Waals surface area contributed by atoms with Crippen LogP contribution < -0.4 is 15.4 Å². The lowest BCUT2D eigenvalue weighted by molar-refractivity contribution is -0.140. The van der Waals surface area contributed by atoms with Crippen LogP contribution in [0.4, 0.5) is 42.1 Å². The number of methoxy groups -OCH3 is 1. The Morgan fingerprint density at radius 1 is 0.958 bits per heavy atom. The van der Waals surface area contributed by atoms with Crippen molar-refractivity contribution < 1.29 is 59.0 Å². The van der Waals surface area contributed by atoms with Crippen molar-refractivity contribution in [2.24, 2.45) is 11.1 Å². The standard InChI is InChI=1S/C30H22F7N3O6S2/c1-45-21-7-2-13(24-18-11-48(43,44)12-22(18)46-40-24)8-17(21)27(41)39-25-16-5-3-14(29(32,33)34)9-23(16)47-26(25)28(42)38-15-4-6-20(31)19(10-15)30(35,36)37/h2-10,18,22,43-44H,11-12H2,1H3,(H,38,42)(H,39,41). The van der Waals surface area contributed by atoms with Gasteiger partial charge in [-0.2, -0.15) is 36.9 Å². The molecule has 18 heteroatoms. The topological polar surface area (TPSA) is 129 Å². The maximum absolute atomic E-state index is 13.8. The molecule has 4 N–H and O–H groups in total. The van der Waals surface area contributed by atoms with Crippen molar-refractivity contribution >= 4 is 60.9 Å². The Bertz CT molecular complexity index is 1990. The van der Waals surface area contributed by atoms with Crippen LogP contribution in [0.1, 0.15) is 36.7 Å². The molecule has 0 bridgehead atoms. The van der Waals surface area contributed by atoms with Gasteiger partial charge in [0.25, 0.3) is 11.8 Å². The quantitative estimate of drug-likeness (QED) is 0.149. The van der Waals surface area contributed by atoms with Crippen molar-refractivity contribution in [3.8, 4) is 5.75 Å². The summed E-state index contributed by atoms with van der Waals surface area (Å²) in [6.45, 7) is 0. The minimum absolute atomic E-state index is 0.00184. The van der Waals surface area contributed by atoms with Crippen molar-refractivity contribution in [1.29, 1.82) is 0 Å². The van der Waals surface area contributed by atoms with Gasteiger partial charge in [-0.15, -0.1) is 11.3 Å². The summed E-state index contributed by atoms with van der Waals surface area (Å²) in [5.41, 5.74) is -2.78. The van der Waals surface area contributed by atoms with Crippen molar-refractivity contribution in [1.82, 2.24) is 0 Å². The molecular weight excluding hydrogens is 695 g/mol. The average molecular weight is 718 g/mol. The summed E-state index contributed by atoms with van der Waals surface area (Å²) in [4.78, 5) is 32.2. The van der Waals surface area contributed by atoms with Gasteiger partial charge in [0.15, 0.2) is 6.10 Å². The lowest BCUT2D eigenvalue weighted by atomic mass is 9.93. The number of amides is 2. The Morgan fingerprint density at radius 3 is 2.40 bits per heavy atom. The second-order valence-corrected chi connectivity index (χ2v) is 14.2. The first-order valence-electron chi connectivity index (χ1n) is 13.7. The molecule has 0 spiro atoms. The molecule has 254 valence electrons. The van der Waals surface area contributed by atoms with Gasteiger partial charge in [0, 0.05) is 27.1 Å². The molecule has 2 amide bonds. The molecule has 0 aliphatic carbocycles. The van der Waals surface area contributed by atoms with E-state index in [4.69, 9.17) is 9.57 Å². The van der Waals surface area contributed by atoms with Crippen LogP contribution in [0, 0.1) is 11.7 Å². The molecule has 48 heavy (non-hydrogen) atoms. The average Bonchev–Trinajstić information content (AvgIpc) is 3.65. The number of ether oxygens (including phenoxy) is 1. The molecule has 2 atom stereocenters. The maximum Gasteiger partial charge on any atom is 0.419 e. The van der Waals surface area contributed by atoms with Crippen LogP contribution in [-0.2, 0) is 17.2 Å². The van der Waals surface area contributed by atoms with Gasteiger partial charge in [-0.1, -0.05) is 11.2 Å². The zero-order valence-corrected chi connectivity index (χ0v) is 25.8. The fourth-order valence-corrected chi connectivity index (χ4v) is 8.45. The number of oxime groups is 1. The Kier molecular flexibility index (Phi) is 8.33. The highest BCUT2D eigenvalue weighted by Gasteiger charge is 2.46. The van der Waals surface area contributed by atoms with E-state index in [2.05, 4.69) is 15.8 Å². The SMILES string of the molecule is COc1ccc(C2=NOC3CS(O)(O)CC23)cc1C(=O)Nc1c(C(=O)Nc2ccc(F)c(C(F)(F)F)c2)sc2cc(C(F)(F)F)ccc12. The van der Waals surface area contributed by atoms with E-state index in [9.17, 15) is 49.4 Å². The van der Waals surface area contributed by atoms with Gasteiger partial charge >= 0.3 is 12.4 Å². The van der Waals surface area contributed by atoms with E-state index in [1.807, 2.05) is 0 Å². The normalized spacial score (nSPS) is 19.3. The van der Waals surface area contributed by atoms with Gasteiger partial charge in [-0.25, -0.2) is 4.39 Å². The number of nitrogens with zero attached hydrogens (tertiary/aromatic N) is 1. The number of rotatable bonds is 6. The number of anilines is 2. The number of fused-ring (bicyclic) bond motifs is 2. The molecule has 0 saturated carbocycles. The number of thiophene rings is 1. The molecule has 2 aliphatic heterocycles. The molecule has 2 aliphatic rings. The van der Waals surface area contributed by atoms with Gasteiger partial charge in [-0.05, 0) is 48.5 Å². The van der Waals surface area contributed by atoms with E-state index in [1.54, 1.807) is 6.07 Å². The molecule has 1 saturated heterocycles. The Hall–Kier alpha value is -4.39. The summed E-state index contributed by atoms with van der Waals surface area (Å²) in [5.74, 6) is -3.98. The second kappa shape index (κ2) is 11.9. The Balaban J connectivity index is 1.38. The van der Waals surface area contributed by atoms with Crippen LogP contribution in [0.25, 0.3) is 10.1 Å². The van der Waals surface area contributed by atoms with Gasteiger partial charge in [0.2, 0.25) is 0 Å². The number of carbonyl (C=O) groups excluding carboxylic acids is 2. The summed E-state index contributed by atoms with van der Waals surface area (Å²) in [6, 6.07) is 8.66. The summed E-state index contributed by atoms with van der Waals surface area (Å²) < 4.78 is 120. The van der Waals surface area contributed by atoms with Crippen LogP contribution >= 0.6 is 21.9 Å². The summed E-state index contributed by atoms with van der Waals surface area (Å²) in [5, 5.41) is 8.80. The van der Waals surface area contributed by atoms with Crippen molar-refractivity contribution in [2.75, 3.05) is 29.2 Å². The second-order valence-electron chi connectivity index (χ2n) is 10.9. The van der Waals surface area contributed by atoms with E-state index >= 15 is 0 Å². The predicted octanol–water partition coefficient (Wildman–Crippen LogP) is 8.07. The van der Waals surface area contributed by atoms with Crippen LogP contribution in [0.15, 0.2) is 59.8 Å². The van der Waals surface area contributed by atoms with Crippen molar-refractivity contribution in [3.63, 3.8) is 0 Å². The van der Waals surface area contributed by atoms with Crippen molar-refractivity contribution in [2.45, 2.75) is 18.5 Å². The number of carbonyl (C=O) groups is 2. The third-order valence-corrected chi connectivity index (χ3v) is 10.6. The summed E-state index contributed by atoms with van der Waals surface area (Å²) in [6.07, 6.45) is -10.4. The van der Waals surface area contributed by atoms with Crippen LogP contribution in [0.3, 0.4) is 0 Å². The smallest absolute Gasteiger partial charge is 0.419 e. The first-order valence-corrected chi connectivity index (χ1v) is 16.4. The highest BCUT2D eigenvalue weighted by Crippen LogP contribution is 2.52.